The van der Waals surface area contributed by atoms with Gasteiger partial charge in [0.15, 0.2) is 0 Å². The van der Waals surface area contributed by atoms with E-state index in [0.717, 1.165) is 39.8 Å². The number of benzene rings is 1. The fraction of sp³-hybridized carbons (Fsp3) is 0.250. The fourth-order valence-corrected chi connectivity index (χ4v) is 3.19. The molecule has 2 aromatic rings. The monoisotopic (exact) mass is 330 g/mol. The van der Waals surface area contributed by atoms with E-state index < -0.39 is 0 Å². The summed E-state index contributed by atoms with van der Waals surface area (Å²) in [6.07, 6.45) is 2.64. The fourth-order valence-electron chi connectivity index (χ4n) is 2.58. The molecule has 1 aromatic heterocycles. The van der Waals surface area contributed by atoms with E-state index in [-0.39, 0.29) is 5.91 Å². The van der Waals surface area contributed by atoms with Crippen molar-refractivity contribution in [2.24, 2.45) is 0 Å². The summed E-state index contributed by atoms with van der Waals surface area (Å²) in [5, 5.41) is 0. The van der Waals surface area contributed by atoms with Gasteiger partial charge in [0.2, 0.25) is 0 Å². The first-order valence-corrected chi connectivity index (χ1v) is 7.42. The van der Waals surface area contributed by atoms with Crippen LogP contribution in [0, 0.1) is 6.92 Å². The average Bonchev–Trinajstić information content (AvgIpc) is 2.45. The topological polar surface area (TPSA) is 33.2 Å². The third-order valence-electron chi connectivity index (χ3n) is 3.54. The first-order valence-electron chi connectivity index (χ1n) is 6.63. The van der Waals surface area contributed by atoms with Crippen molar-refractivity contribution in [1.82, 2.24) is 9.88 Å². The van der Waals surface area contributed by atoms with E-state index in [1.807, 2.05) is 48.4 Å². The first-order chi connectivity index (χ1) is 9.63. The smallest absolute Gasteiger partial charge is 0.254 e. The number of halogens is 1. The molecule has 1 amide bonds. The van der Waals surface area contributed by atoms with Crippen LogP contribution in [-0.2, 0) is 13.0 Å². The lowest BCUT2D eigenvalue weighted by Gasteiger charge is -2.28. The maximum atomic E-state index is 12.6. The van der Waals surface area contributed by atoms with Crippen LogP contribution in [0.1, 0.15) is 27.2 Å². The molecular formula is C16H15BrN2O. The average molecular weight is 331 g/mol. The van der Waals surface area contributed by atoms with Crippen molar-refractivity contribution in [2.75, 3.05) is 6.54 Å². The van der Waals surface area contributed by atoms with Gasteiger partial charge in [-0.15, -0.1) is 0 Å². The minimum absolute atomic E-state index is 0.0869. The van der Waals surface area contributed by atoms with Gasteiger partial charge in [-0.2, -0.15) is 0 Å². The molecule has 1 aliphatic heterocycles. The molecule has 1 aliphatic rings. The minimum atomic E-state index is 0.0869. The lowest BCUT2D eigenvalue weighted by Crippen LogP contribution is -2.36. The Bertz CT molecular complexity index is 649. The molecule has 0 radical (unpaired) electrons. The van der Waals surface area contributed by atoms with Crippen molar-refractivity contribution in [3.05, 3.63) is 63.4 Å². The Morgan fingerprint density at radius 3 is 3.00 bits per heavy atom. The SMILES string of the molecule is Cc1cc(Br)cc(C(=O)N2CCc3ncccc3C2)c1. The summed E-state index contributed by atoms with van der Waals surface area (Å²) in [5.41, 5.74) is 4.09. The van der Waals surface area contributed by atoms with Crippen molar-refractivity contribution in [3.63, 3.8) is 0 Å². The van der Waals surface area contributed by atoms with Gasteiger partial charge in [0.05, 0.1) is 0 Å². The molecule has 20 heavy (non-hydrogen) atoms. The second-order valence-corrected chi connectivity index (χ2v) is 6.02. The van der Waals surface area contributed by atoms with Crippen LogP contribution in [0.5, 0.6) is 0 Å². The van der Waals surface area contributed by atoms with Crippen molar-refractivity contribution >= 4 is 21.8 Å². The van der Waals surface area contributed by atoms with Crippen molar-refractivity contribution in [3.8, 4) is 0 Å². The van der Waals surface area contributed by atoms with E-state index in [9.17, 15) is 4.79 Å². The number of nitrogens with zero attached hydrogens (tertiary/aromatic N) is 2. The zero-order valence-corrected chi connectivity index (χ0v) is 12.9. The van der Waals surface area contributed by atoms with Gasteiger partial charge < -0.3 is 4.90 Å². The molecule has 4 heteroatoms. The predicted octanol–water partition coefficient (Wildman–Crippen LogP) is 3.35. The van der Waals surface area contributed by atoms with Crippen LogP contribution >= 0.6 is 15.9 Å². The van der Waals surface area contributed by atoms with Crippen molar-refractivity contribution in [1.29, 1.82) is 0 Å². The highest BCUT2D eigenvalue weighted by molar-refractivity contribution is 9.10. The highest BCUT2D eigenvalue weighted by atomic mass is 79.9. The maximum absolute atomic E-state index is 12.6. The van der Waals surface area contributed by atoms with Crippen LogP contribution in [0.15, 0.2) is 41.0 Å². The van der Waals surface area contributed by atoms with Gasteiger partial charge in [0.1, 0.15) is 0 Å². The van der Waals surface area contributed by atoms with Gasteiger partial charge in [-0.1, -0.05) is 22.0 Å². The third kappa shape index (κ3) is 2.61. The molecule has 102 valence electrons. The third-order valence-corrected chi connectivity index (χ3v) is 4.00. The number of hydrogen-bond acceptors (Lipinski definition) is 2. The summed E-state index contributed by atoms with van der Waals surface area (Å²) in [6, 6.07) is 9.80. The second-order valence-electron chi connectivity index (χ2n) is 5.10. The van der Waals surface area contributed by atoms with Crippen LogP contribution < -0.4 is 0 Å². The molecule has 0 unspecified atom stereocenters. The molecule has 0 fully saturated rings. The number of amides is 1. The summed E-state index contributed by atoms with van der Waals surface area (Å²) in [5.74, 6) is 0.0869. The molecule has 0 bridgehead atoms. The molecule has 0 saturated carbocycles. The summed E-state index contributed by atoms with van der Waals surface area (Å²) in [4.78, 5) is 18.9. The lowest BCUT2D eigenvalue weighted by atomic mass is 10.0. The van der Waals surface area contributed by atoms with E-state index in [2.05, 4.69) is 20.9 Å². The number of pyridine rings is 1. The van der Waals surface area contributed by atoms with Crippen LogP contribution in [0.3, 0.4) is 0 Å². The number of carbonyl (C=O) groups is 1. The van der Waals surface area contributed by atoms with Gasteiger partial charge in [0.25, 0.3) is 5.91 Å². The Kier molecular flexibility index (Phi) is 3.57. The number of aryl methyl sites for hydroxylation is 1. The number of fused-ring (bicyclic) bond motifs is 1. The van der Waals surface area contributed by atoms with Crippen LogP contribution in [-0.4, -0.2) is 22.3 Å². The minimum Gasteiger partial charge on any atom is -0.334 e. The second kappa shape index (κ2) is 5.37. The van der Waals surface area contributed by atoms with Crippen LogP contribution in [0.25, 0.3) is 0 Å². The zero-order chi connectivity index (χ0) is 14.1. The van der Waals surface area contributed by atoms with E-state index in [4.69, 9.17) is 0 Å². The van der Waals surface area contributed by atoms with E-state index in [1.54, 1.807) is 0 Å². The Morgan fingerprint density at radius 2 is 2.20 bits per heavy atom. The molecule has 0 spiro atoms. The lowest BCUT2D eigenvalue weighted by molar-refractivity contribution is 0.0733. The number of aromatic nitrogens is 1. The molecule has 0 atom stereocenters. The summed E-state index contributed by atoms with van der Waals surface area (Å²) >= 11 is 3.45. The van der Waals surface area contributed by atoms with Gasteiger partial charge in [-0.25, -0.2) is 0 Å². The Hall–Kier alpha value is -1.68. The normalized spacial score (nSPS) is 14.0. The van der Waals surface area contributed by atoms with Gasteiger partial charge >= 0.3 is 0 Å². The zero-order valence-electron chi connectivity index (χ0n) is 11.3. The van der Waals surface area contributed by atoms with Crippen LogP contribution in [0.2, 0.25) is 0 Å². The largest absolute Gasteiger partial charge is 0.334 e. The van der Waals surface area contributed by atoms with Crippen molar-refractivity contribution in [2.45, 2.75) is 19.9 Å². The highest BCUT2D eigenvalue weighted by Crippen LogP contribution is 2.21. The summed E-state index contributed by atoms with van der Waals surface area (Å²) < 4.78 is 0.944. The van der Waals surface area contributed by atoms with E-state index >= 15 is 0 Å². The summed E-state index contributed by atoms with van der Waals surface area (Å²) in [7, 11) is 0. The molecule has 0 aliphatic carbocycles. The Labute approximate surface area is 126 Å². The number of rotatable bonds is 1. The highest BCUT2D eigenvalue weighted by Gasteiger charge is 2.22. The van der Waals surface area contributed by atoms with Gasteiger partial charge in [-0.05, 0) is 42.3 Å². The maximum Gasteiger partial charge on any atom is 0.254 e. The predicted molar refractivity (Wildman–Crippen MR) is 81.6 cm³/mol. The Balaban J connectivity index is 1.86. The Morgan fingerprint density at radius 1 is 1.35 bits per heavy atom. The molecule has 2 heterocycles. The van der Waals surface area contributed by atoms with E-state index in [1.165, 1.54) is 0 Å². The van der Waals surface area contributed by atoms with Crippen molar-refractivity contribution < 1.29 is 4.79 Å². The number of carbonyl (C=O) groups excluding carboxylic acids is 1. The van der Waals surface area contributed by atoms with E-state index in [0.29, 0.717) is 6.54 Å². The van der Waals surface area contributed by atoms with Gasteiger partial charge in [-0.3, -0.25) is 9.78 Å². The molecule has 0 saturated heterocycles. The molecular weight excluding hydrogens is 316 g/mol. The van der Waals surface area contributed by atoms with Crippen LogP contribution in [0.4, 0.5) is 0 Å². The summed E-state index contributed by atoms with van der Waals surface area (Å²) in [6.45, 7) is 3.37. The first kappa shape index (κ1) is 13.3. The molecule has 3 rings (SSSR count). The molecule has 0 N–H and O–H groups in total. The molecule has 1 aromatic carbocycles. The quantitative estimate of drug-likeness (QED) is 0.803. The standard InChI is InChI=1S/C16H15BrN2O/c1-11-7-13(9-14(17)8-11)16(20)19-6-4-15-12(10-19)3-2-5-18-15/h2-3,5,7-9H,4,6,10H2,1H3. The number of hydrogen-bond donors (Lipinski definition) is 0. The molecule has 3 nitrogen and oxygen atoms in total. The van der Waals surface area contributed by atoms with Gasteiger partial charge in [0, 0.05) is 41.4 Å².